The van der Waals surface area contributed by atoms with Crippen LogP contribution < -0.4 is 10.2 Å². The van der Waals surface area contributed by atoms with Crippen molar-refractivity contribution in [2.75, 3.05) is 23.4 Å². The number of urea groups is 1. The first-order valence-electron chi connectivity index (χ1n) is 10.7. The number of nitrogens with one attached hydrogen (secondary N) is 1. The van der Waals surface area contributed by atoms with Gasteiger partial charge in [0.2, 0.25) is 5.91 Å². The van der Waals surface area contributed by atoms with Crippen LogP contribution >= 0.6 is 0 Å². The molecular formula is C24H26FN3O5. The van der Waals surface area contributed by atoms with Gasteiger partial charge in [0.1, 0.15) is 11.9 Å². The number of nitrogens with zero attached hydrogens (tertiary/aromatic N) is 2. The fraction of sp³-hybridized carbons (Fsp3) is 0.333. The molecule has 1 N–H and O–H groups in total. The van der Waals surface area contributed by atoms with Crippen molar-refractivity contribution in [1.82, 2.24) is 4.90 Å². The first-order chi connectivity index (χ1) is 15.7. The molecule has 1 heterocycles. The molecule has 9 heteroatoms. The zero-order chi connectivity index (χ0) is 24.1. The van der Waals surface area contributed by atoms with Crippen LogP contribution in [-0.4, -0.2) is 47.9 Å². The summed E-state index contributed by atoms with van der Waals surface area (Å²) in [5, 5.41) is 2.67. The lowest BCUT2D eigenvalue weighted by Gasteiger charge is -2.23. The summed E-state index contributed by atoms with van der Waals surface area (Å²) in [4.78, 5) is 53.2. The Morgan fingerprint density at radius 2 is 1.82 bits per heavy atom. The summed E-state index contributed by atoms with van der Waals surface area (Å²) in [7, 11) is 0. The molecular weight excluding hydrogens is 429 g/mol. The minimum absolute atomic E-state index is 0.0572. The Hall–Kier alpha value is -3.75. The van der Waals surface area contributed by atoms with Crippen LogP contribution in [0.1, 0.15) is 37.6 Å². The Balaban J connectivity index is 1.78. The first kappa shape index (κ1) is 23.9. The van der Waals surface area contributed by atoms with Gasteiger partial charge >= 0.3 is 12.0 Å². The van der Waals surface area contributed by atoms with Crippen LogP contribution in [0.2, 0.25) is 0 Å². The van der Waals surface area contributed by atoms with E-state index in [4.69, 9.17) is 4.74 Å². The van der Waals surface area contributed by atoms with Crippen molar-refractivity contribution in [3.63, 3.8) is 0 Å². The Morgan fingerprint density at radius 1 is 1.12 bits per heavy atom. The number of amides is 4. The summed E-state index contributed by atoms with van der Waals surface area (Å²) in [6, 6.07) is 9.74. The fourth-order valence-electron chi connectivity index (χ4n) is 3.59. The molecule has 1 fully saturated rings. The molecule has 0 aromatic heterocycles. The number of rotatable bonds is 8. The van der Waals surface area contributed by atoms with Crippen LogP contribution in [-0.2, 0) is 14.3 Å². The highest BCUT2D eigenvalue weighted by Crippen LogP contribution is 2.28. The van der Waals surface area contributed by atoms with Gasteiger partial charge in [-0.25, -0.2) is 18.9 Å². The zero-order valence-electron chi connectivity index (χ0n) is 18.7. The molecule has 33 heavy (non-hydrogen) atoms. The summed E-state index contributed by atoms with van der Waals surface area (Å²) in [5.41, 5.74) is 0.893. The van der Waals surface area contributed by atoms with E-state index in [1.54, 1.807) is 25.1 Å². The summed E-state index contributed by atoms with van der Waals surface area (Å²) in [6.07, 6.45) is -0.265. The van der Waals surface area contributed by atoms with Crippen molar-refractivity contribution in [3.05, 3.63) is 59.9 Å². The Labute approximate surface area is 191 Å². The molecule has 0 saturated carbocycles. The summed E-state index contributed by atoms with van der Waals surface area (Å²) in [6.45, 7) is 6.00. The lowest BCUT2D eigenvalue weighted by atomic mass is 10.1. The van der Waals surface area contributed by atoms with Gasteiger partial charge in [-0.05, 0) is 55.3 Å². The van der Waals surface area contributed by atoms with Gasteiger partial charge < -0.3 is 15.0 Å². The SMILES string of the molecule is CCOC(=O)c1cccc(NC(=O)C[C@@H]2C(=O)N(c3ccc(F)cc3)C(=O)N2CC(C)C)c1. The number of halogens is 1. The molecule has 0 bridgehead atoms. The Morgan fingerprint density at radius 3 is 2.45 bits per heavy atom. The van der Waals surface area contributed by atoms with E-state index in [0.717, 1.165) is 4.90 Å². The molecule has 3 rings (SSSR count). The number of carbonyl (C=O) groups is 4. The standard InChI is InChI=1S/C24H26FN3O5/c1-4-33-23(31)16-6-5-7-18(12-16)26-21(29)13-20-22(30)28(19-10-8-17(25)9-11-19)24(32)27(20)14-15(2)3/h5-12,15,20H,4,13-14H2,1-3H3,(H,26,29)/t20-/m1/s1. The van der Waals surface area contributed by atoms with Gasteiger partial charge in [-0.1, -0.05) is 19.9 Å². The second-order valence-corrected chi connectivity index (χ2v) is 8.05. The summed E-state index contributed by atoms with van der Waals surface area (Å²) in [5.74, 6) is -1.98. The van der Waals surface area contributed by atoms with Crippen LogP contribution in [0.4, 0.5) is 20.6 Å². The van der Waals surface area contributed by atoms with E-state index in [2.05, 4.69) is 5.32 Å². The molecule has 1 saturated heterocycles. The first-order valence-corrected chi connectivity index (χ1v) is 10.7. The minimum Gasteiger partial charge on any atom is -0.462 e. The third-order valence-corrected chi connectivity index (χ3v) is 5.00. The van der Waals surface area contributed by atoms with Crippen LogP contribution in [0.25, 0.3) is 0 Å². The lowest BCUT2D eigenvalue weighted by molar-refractivity contribution is -0.124. The van der Waals surface area contributed by atoms with E-state index in [0.29, 0.717) is 5.69 Å². The smallest absolute Gasteiger partial charge is 0.338 e. The second kappa shape index (κ2) is 10.2. The third kappa shape index (κ3) is 5.54. The van der Waals surface area contributed by atoms with E-state index in [9.17, 15) is 23.6 Å². The van der Waals surface area contributed by atoms with Crippen LogP contribution in [0.3, 0.4) is 0 Å². The highest BCUT2D eigenvalue weighted by molar-refractivity contribution is 6.22. The summed E-state index contributed by atoms with van der Waals surface area (Å²) >= 11 is 0. The Bertz CT molecular complexity index is 1050. The molecule has 1 aliphatic rings. The van der Waals surface area contributed by atoms with Gasteiger partial charge in [0.25, 0.3) is 5.91 Å². The monoisotopic (exact) mass is 455 g/mol. The molecule has 0 spiro atoms. The number of carbonyl (C=O) groups excluding carboxylic acids is 4. The number of hydrogen-bond donors (Lipinski definition) is 1. The lowest BCUT2D eigenvalue weighted by Crippen LogP contribution is -2.40. The van der Waals surface area contributed by atoms with Crippen LogP contribution in [0.5, 0.6) is 0 Å². The quantitative estimate of drug-likeness (QED) is 0.482. The van der Waals surface area contributed by atoms with Gasteiger partial charge in [-0.3, -0.25) is 9.59 Å². The molecule has 2 aromatic rings. The van der Waals surface area contributed by atoms with Crippen molar-refractivity contribution in [3.8, 4) is 0 Å². The molecule has 1 atom stereocenters. The molecule has 1 aliphatic heterocycles. The third-order valence-electron chi connectivity index (χ3n) is 5.00. The number of imide groups is 1. The Kier molecular flexibility index (Phi) is 7.42. The molecule has 8 nitrogen and oxygen atoms in total. The largest absolute Gasteiger partial charge is 0.462 e. The summed E-state index contributed by atoms with van der Waals surface area (Å²) < 4.78 is 18.3. The second-order valence-electron chi connectivity index (χ2n) is 8.05. The van der Waals surface area contributed by atoms with E-state index >= 15 is 0 Å². The van der Waals surface area contributed by atoms with Crippen LogP contribution in [0.15, 0.2) is 48.5 Å². The van der Waals surface area contributed by atoms with E-state index in [1.807, 2.05) is 13.8 Å². The molecule has 2 aromatic carbocycles. The van der Waals surface area contributed by atoms with Gasteiger partial charge in [0, 0.05) is 12.2 Å². The maximum Gasteiger partial charge on any atom is 0.338 e. The van der Waals surface area contributed by atoms with Crippen molar-refractivity contribution < 1.29 is 28.3 Å². The zero-order valence-corrected chi connectivity index (χ0v) is 18.7. The highest BCUT2D eigenvalue weighted by atomic mass is 19.1. The molecule has 174 valence electrons. The van der Waals surface area contributed by atoms with Gasteiger partial charge in [-0.15, -0.1) is 0 Å². The van der Waals surface area contributed by atoms with Crippen molar-refractivity contribution in [2.24, 2.45) is 5.92 Å². The normalized spacial score (nSPS) is 15.8. The average Bonchev–Trinajstić information content (AvgIpc) is 2.98. The predicted octanol–water partition coefficient (Wildman–Crippen LogP) is 3.82. The molecule has 4 amide bonds. The topological polar surface area (TPSA) is 96.0 Å². The van der Waals surface area contributed by atoms with Gasteiger partial charge in [-0.2, -0.15) is 0 Å². The van der Waals surface area contributed by atoms with E-state index < -0.39 is 35.7 Å². The average molecular weight is 455 g/mol. The van der Waals surface area contributed by atoms with Crippen LogP contribution in [0, 0.1) is 11.7 Å². The van der Waals surface area contributed by atoms with E-state index in [-0.39, 0.29) is 36.7 Å². The maximum atomic E-state index is 13.3. The minimum atomic E-state index is -1.00. The molecule has 0 radical (unpaired) electrons. The number of ether oxygens (including phenoxy) is 1. The van der Waals surface area contributed by atoms with Gasteiger partial charge in [0.05, 0.1) is 24.3 Å². The molecule has 0 aliphatic carbocycles. The predicted molar refractivity (Wildman–Crippen MR) is 120 cm³/mol. The van der Waals surface area contributed by atoms with Crippen molar-refractivity contribution in [1.29, 1.82) is 0 Å². The van der Waals surface area contributed by atoms with E-state index in [1.165, 1.54) is 35.2 Å². The van der Waals surface area contributed by atoms with Gasteiger partial charge in [0.15, 0.2) is 0 Å². The number of hydrogen-bond acceptors (Lipinski definition) is 5. The molecule has 0 unspecified atom stereocenters. The highest BCUT2D eigenvalue weighted by Gasteiger charge is 2.46. The van der Waals surface area contributed by atoms with Crippen molar-refractivity contribution >= 4 is 35.2 Å². The number of anilines is 2. The number of esters is 1. The number of benzene rings is 2. The maximum absolute atomic E-state index is 13.3. The van der Waals surface area contributed by atoms with Crippen molar-refractivity contribution in [2.45, 2.75) is 33.2 Å². The fourth-order valence-corrected chi connectivity index (χ4v) is 3.59.